The molecule has 0 saturated carbocycles. The monoisotopic (exact) mass is 189 g/mol. The second kappa shape index (κ2) is 6.89. The molecule has 0 unspecified atom stereocenters. The molecule has 0 atom stereocenters. The van der Waals surface area contributed by atoms with Crippen molar-refractivity contribution in [3.63, 3.8) is 0 Å². The Hall–Kier alpha value is -0.570. The lowest BCUT2D eigenvalue weighted by molar-refractivity contribution is -0.127. The molecule has 0 saturated heterocycles. The van der Waals surface area contributed by atoms with E-state index in [0.717, 1.165) is 5.92 Å². The topological polar surface area (TPSA) is 52.3 Å². The highest BCUT2D eigenvalue weighted by Gasteiger charge is 2.10. The van der Waals surface area contributed by atoms with Gasteiger partial charge in [0.1, 0.15) is 6.61 Å². The first-order valence-electron chi connectivity index (χ1n) is 4.57. The van der Waals surface area contributed by atoms with Crippen molar-refractivity contribution in [3.8, 4) is 0 Å². The zero-order valence-electron chi connectivity index (χ0n) is 9.68. The van der Waals surface area contributed by atoms with Gasteiger partial charge in [0.25, 0.3) is 0 Å². The largest absolute Gasteiger partial charge is 0.368 e. The molecule has 0 radical (unpaired) electrons. The maximum absolute atomic E-state index is 10.1. The number of carbonyl (C=O) groups excluding carboxylic acids is 1. The normalized spacial score (nSPS) is 10.7. The summed E-state index contributed by atoms with van der Waals surface area (Å²) in [6.45, 7) is 12.1. The Balaban J connectivity index is 0. The Morgan fingerprint density at radius 2 is 1.62 bits per heavy atom. The quantitative estimate of drug-likeness (QED) is 0.721. The third kappa shape index (κ3) is 34.5. The molecule has 0 aliphatic rings. The lowest BCUT2D eigenvalue weighted by atomic mass is 10.2. The first-order valence-corrected chi connectivity index (χ1v) is 4.57. The molecule has 3 heteroatoms. The van der Waals surface area contributed by atoms with Gasteiger partial charge in [-0.2, -0.15) is 0 Å². The Morgan fingerprint density at radius 1 is 1.31 bits per heavy atom. The highest BCUT2D eigenvalue weighted by Crippen LogP contribution is 2.04. The standard InChI is InChI=1S/C6H13NO2.C4H10/c1-6(2,3)9-4-5(7)8;1-4(2)3/h4H2,1-3H3,(H2,7,8);4H,1-3H3. The summed E-state index contributed by atoms with van der Waals surface area (Å²) in [5.74, 6) is 0.407. The summed E-state index contributed by atoms with van der Waals surface area (Å²) in [6, 6.07) is 0. The number of rotatable bonds is 2. The molecule has 0 spiro atoms. The molecule has 3 nitrogen and oxygen atoms in total. The fraction of sp³-hybridized carbons (Fsp3) is 0.900. The fourth-order valence-corrected chi connectivity index (χ4v) is 0.288. The van der Waals surface area contributed by atoms with Gasteiger partial charge in [-0.05, 0) is 26.7 Å². The maximum Gasteiger partial charge on any atom is 0.243 e. The van der Waals surface area contributed by atoms with Gasteiger partial charge in [0, 0.05) is 0 Å². The van der Waals surface area contributed by atoms with E-state index in [1.807, 2.05) is 20.8 Å². The van der Waals surface area contributed by atoms with Gasteiger partial charge < -0.3 is 10.5 Å². The number of hydrogen-bond donors (Lipinski definition) is 1. The van der Waals surface area contributed by atoms with E-state index in [2.05, 4.69) is 20.8 Å². The zero-order chi connectivity index (χ0) is 11.1. The van der Waals surface area contributed by atoms with Gasteiger partial charge >= 0.3 is 0 Å². The van der Waals surface area contributed by atoms with Crippen molar-refractivity contribution in [2.45, 2.75) is 47.1 Å². The molecular formula is C10H23NO2. The molecule has 0 heterocycles. The Morgan fingerprint density at radius 3 is 1.69 bits per heavy atom. The van der Waals surface area contributed by atoms with Crippen LogP contribution in [0.15, 0.2) is 0 Å². The first-order chi connectivity index (χ1) is 5.65. The van der Waals surface area contributed by atoms with Gasteiger partial charge in [-0.25, -0.2) is 0 Å². The predicted molar refractivity (Wildman–Crippen MR) is 55.4 cm³/mol. The summed E-state index contributed by atoms with van der Waals surface area (Å²) in [4.78, 5) is 10.1. The molecule has 80 valence electrons. The third-order valence-corrected chi connectivity index (χ3v) is 0.647. The van der Waals surface area contributed by atoms with E-state index in [9.17, 15) is 4.79 Å². The lowest BCUT2D eigenvalue weighted by Crippen LogP contribution is -2.27. The summed E-state index contributed by atoms with van der Waals surface area (Å²) in [5.41, 5.74) is 4.57. The second-order valence-corrected chi connectivity index (χ2v) is 4.60. The number of primary amides is 1. The SMILES string of the molecule is CC(C)(C)OCC(N)=O.CC(C)C. The van der Waals surface area contributed by atoms with E-state index in [0.29, 0.717) is 0 Å². The fourth-order valence-electron chi connectivity index (χ4n) is 0.288. The van der Waals surface area contributed by atoms with Crippen molar-refractivity contribution in [1.82, 2.24) is 0 Å². The molecule has 0 aliphatic carbocycles. The van der Waals surface area contributed by atoms with Crippen molar-refractivity contribution in [3.05, 3.63) is 0 Å². The zero-order valence-corrected chi connectivity index (χ0v) is 9.68. The minimum absolute atomic E-state index is 0.00347. The van der Waals surface area contributed by atoms with E-state index >= 15 is 0 Å². The van der Waals surface area contributed by atoms with E-state index in [-0.39, 0.29) is 12.2 Å². The molecule has 0 aromatic carbocycles. The first kappa shape index (κ1) is 14.9. The van der Waals surface area contributed by atoms with Gasteiger partial charge in [-0.1, -0.05) is 20.8 Å². The van der Waals surface area contributed by atoms with Crippen LogP contribution in [0.25, 0.3) is 0 Å². The second-order valence-electron chi connectivity index (χ2n) is 4.60. The Bertz CT molecular complexity index is 134. The van der Waals surface area contributed by atoms with Gasteiger partial charge in [0.15, 0.2) is 0 Å². The smallest absolute Gasteiger partial charge is 0.243 e. The van der Waals surface area contributed by atoms with E-state index < -0.39 is 5.91 Å². The third-order valence-electron chi connectivity index (χ3n) is 0.647. The summed E-state index contributed by atoms with van der Waals surface area (Å²) in [5, 5.41) is 0. The van der Waals surface area contributed by atoms with Crippen LogP contribution >= 0.6 is 0 Å². The van der Waals surface area contributed by atoms with Crippen LogP contribution < -0.4 is 5.73 Å². The molecule has 0 aliphatic heterocycles. The van der Waals surface area contributed by atoms with Gasteiger partial charge in [0.05, 0.1) is 5.60 Å². The van der Waals surface area contributed by atoms with Crippen molar-refractivity contribution >= 4 is 5.91 Å². The Labute approximate surface area is 81.6 Å². The molecule has 0 aromatic rings. The molecule has 0 aromatic heterocycles. The molecule has 13 heavy (non-hydrogen) atoms. The lowest BCUT2D eigenvalue weighted by Gasteiger charge is -2.17. The van der Waals surface area contributed by atoms with Crippen LogP contribution in [-0.2, 0) is 9.53 Å². The van der Waals surface area contributed by atoms with E-state index in [1.165, 1.54) is 0 Å². The van der Waals surface area contributed by atoms with E-state index in [1.54, 1.807) is 0 Å². The van der Waals surface area contributed by atoms with Crippen molar-refractivity contribution in [1.29, 1.82) is 0 Å². The number of nitrogens with two attached hydrogens (primary N) is 1. The number of ether oxygens (including phenoxy) is 1. The Kier molecular flexibility index (Phi) is 7.92. The van der Waals surface area contributed by atoms with Crippen LogP contribution in [0.3, 0.4) is 0 Å². The van der Waals surface area contributed by atoms with Crippen LogP contribution in [0, 0.1) is 5.92 Å². The molecular weight excluding hydrogens is 166 g/mol. The molecule has 2 N–H and O–H groups in total. The number of amides is 1. The summed E-state index contributed by atoms with van der Waals surface area (Å²) in [7, 11) is 0. The van der Waals surface area contributed by atoms with Crippen LogP contribution in [-0.4, -0.2) is 18.1 Å². The molecule has 0 rings (SSSR count). The van der Waals surface area contributed by atoms with Crippen LogP contribution in [0.5, 0.6) is 0 Å². The molecule has 1 amide bonds. The van der Waals surface area contributed by atoms with Gasteiger partial charge in [-0.3, -0.25) is 4.79 Å². The predicted octanol–water partition coefficient (Wildman–Crippen LogP) is 1.95. The van der Waals surface area contributed by atoms with Crippen LogP contribution in [0.4, 0.5) is 0 Å². The van der Waals surface area contributed by atoms with E-state index in [4.69, 9.17) is 10.5 Å². The summed E-state index contributed by atoms with van der Waals surface area (Å²) in [6.07, 6.45) is 0. The average Bonchev–Trinajstić information content (AvgIpc) is 1.80. The minimum atomic E-state index is -0.426. The minimum Gasteiger partial charge on any atom is -0.368 e. The summed E-state index contributed by atoms with van der Waals surface area (Å²) >= 11 is 0. The number of carbonyl (C=O) groups is 1. The molecule has 0 bridgehead atoms. The van der Waals surface area contributed by atoms with Crippen LogP contribution in [0.1, 0.15) is 41.5 Å². The van der Waals surface area contributed by atoms with Crippen molar-refractivity contribution in [2.24, 2.45) is 11.7 Å². The highest BCUT2D eigenvalue weighted by atomic mass is 16.5. The number of hydrogen-bond acceptors (Lipinski definition) is 2. The maximum atomic E-state index is 10.1. The average molecular weight is 189 g/mol. The van der Waals surface area contributed by atoms with Crippen molar-refractivity contribution in [2.75, 3.05) is 6.61 Å². The van der Waals surface area contributed by atoms with Gasteiger partial charge in [-0.15, -0.1) is 0 Å². The van der Waals surface area contributed by atoms with Crippen LogP contribution in [0.2, 0.25) is 0 Å². The van der Waals surface area contributed by atoms with Gasteiger partial charge in [0.2, 0.25) is 5.91 Å². The van der Waals surface area contributed by atoms with Crippen molar-refractivity contribution < 1.29 is 9.53 Å². The molecule has 0 fully saturated rings. The summed E-state index contributed by atoms with van der Waals surface area (Å²) < 4.78 is 5.02. The highest BCUT2D eigenvalue weighted by molar-refractivity contribution is 5.75.